The highest BCUT2D eigenvalue weighted by atomic mass is 35.5. The molecule has 0 spiro atoms. The van der Waals surface area contributed by atoms with Crippen molar-refractivity contribution in [2.24, 2.45) is 5.41 Å². The van der Waals surface area contributed by atoms with Crippen molar-refractivity contribution in [2.45, 2.75) is 39.5 Å². The predicted octanol–water partition coefficient (Wildman–Crippen LogP) is 7.98. The number of amidine groups is 1. The van der Waals surface area contributed by atoms with Crippen LogP contribution < -0.4 is 4.90 Å². The number of rotatable bonds is 3. The molecule has 1 aliphatic carbocycles. The smallest absolute Gasteiger partial charge is 0.162 e. The minimum atomic E-state index is -0.927. The molecule has 0 bridgehead atoms. The van der Waals surface area contributed by atoms with Crippen LogP contribution in [-0.2, 0) is 4.79 Å². The first-order valence-electron chi connectivity index (χ1n) is 12.2. The van der Waals surface area contributed by atoms with Crippen LogP contribution in [0, 0.1) is 23.6 Å². The molecule has 0 amide bonds. The van der Waals surface area contributed by atoms with Crippen LogP contribution >= 0.6 is 11.6 Å². The number of Topliss-reactive ketones (excluding diaryl/α,β-unsaturated/α-hetero) is 1. The van der Waals surface area contributed by atoms with E-state index in [0.717, 1.165) is 11.3 Å². The number of allylic oxidation sites excluding steroid dienone is 2. The molecule has 0 fully saturated rings. The Bertz CT molecular complexity index is 1490. The number of benzene rings is 3. The quantitative estimate of drug-likeness (QED) is 0.348. The van der Waals surface area contributed by atoms with E-state index in [2.05, 4.69) is 0 Å². The van der Waals surface area contributed by atoms with Crippen LogP contribution in [0.15, 0.2) is 89.6 Å². The summed E-state index contributed by atoms with van der Waals surface area (Å²) in [5, 5.41) is 21.6. The van der Waals surface area contributed by atoms with Crippen LogP contribution in [0.3, 0.4) is 0 Å². The number of hydrogen-bond donors (Lipinski definition) is 2. The number of carbonyl (C=O) groups excluding carboxylic acids is 1. The molecule has 37 heavy (non-hydrogen) atoms. The summed E-state index contributed by atoms with van der Waals surface area (Å²) in [5.41, 5.74) is 3.36. The molecule has 1 atom stereocenters. The van der Waals surface area contributed by atoms with Crippen molar-refractivity contribution in [3.8, 4) is 0 Å². The number of hydrogen-bond acceptors (Lipinski definition) is 3. The lowest BCUT2D eigenvalue weighted by Gasteiger charge is -2.45. The molecule has 6 heteroatoms. The van der Waals surface area contributed by atoms with Gasteiger partial charge in [-0.05, 0) is 66.8 Å². The van der Waals surface area contributed by atoms with Gasteiger partial charge >= 0.3 is 0 Å². The van der Waals surface area contributed by atoms with E-state index in [1.165, 1.54) is 6.07 Å². The molecule has 0 radical (unpaired) electrons. The number of halogens is 2. The predicted molar refractivity (Wildman–Crippen MR) is 147 cm³/mol. The van der Waals surface area contributed by atoms with Gasteiger partial charge in [0, 0.05) is 51.0 Å². The first-order chi connectivity index (χ1) is 17.6. The number of aliphatic hydroxyl groups excluding tert-OH is 1. The molecule has 2 aliphatic rings. The number of anilines is 1. The highest BCUT2D eigenvalue weighted by Crippen LogP contribution is 2.51. The SMILES string of the molecule is Cc1cccc(N2C(=N)/C(=C(/O)c3ccc(Cl)cc3)C(c3ccccc3F)C3=C2CC(C)(C)CC3=O)c1. The fraction of sp³-hybridized carbons (Fsp3) is 0.226. The van der Waals surface area contributed by atoms with E-state index in [0.29, 0.717) is 34.7 Å². The molecule has 5 rings (SSSR count). The van der Waals surface area contributed by atoms with Gasteiger partial charge < -0.3 is 5.11 Å². The molecule has 3 aromatic rings. The Hall–Kier alpha value is -3.70. The van der Waals surface area contributed by atoms with E-state index in [1.807, 2.05) is 45.0 Å². The van der Waals surface area contributed by atoms with Crippen LogP contribution in [0.4, 0.5) is 10.1 Å². The fourth-order valence-electron chi connectivity index (χ4n) is 5.45. The Morgan fingerprint density at radius 3 is 2.43 bits per heavy atom. The van der Waals surface area contributed by atoms with Gasteiger partial charge in [0.05, 0.1) is 0 Å². The topological polar surface area (TPSA) is 64.4 Å². The van der Waals surface area contributed by atoms with Crippen molar-refractivity contribution in [3.63, 3.8) is 0 Å². The third kappa shape index (κ3) is 4.49. The normalized spacial score (nSPS) is 20.7. The Labute approximate surface area is 221 Å². The van der Waals surface area contributed by atoms with Crippen LogP contribution in [-0.4, -0.2) is 16.7 Å². The lowest BCUT2D eigenvalue weighted by atomic mass is 9.67. The maximum atomic E-state index is 15.4. The zero-order valence-corrected chi connectivity index (χ0v) is 21.7. The highest BCUT2D eigenvalue weighted by Gasteiger charge is 2.47. The van der Waals surface area contributed by atoms with Gasteiger partial charge in [0.1, 0.15) is 17.4 Å². The maximum absolute atomic E-state index is 15.4. The number of nitrogens with zero attached hydrogens (tertiary/aromatic N) is 1. The molecule has 1 unspecified atom stereocenters. The summed E-state index contributed by atoms with van der Waals surface area (Å²) >= 11 is 6.08. The maximum Gasteiger partial charge on any atom is 0.162 e. The van der Waals surface area contributed by atoms with Gasteiger partial charge in [-0.3, -0.25) is 15.1 Å². The van der Waals surface area contributed by atoms with Gasteiger partial charge in [0.2, 0.25) is 0 Å². The highest BCUT2D eigenvalue weighted by molar-refractivity contribution is 6.30. The standard InChI is InChI=1S/C31H28ClFN2O2/c1-18-7-6-8-21(15-18)35-24-16-31(2,3)17-25(36)27(24)26(22-9-4-5-10-23(22)33)28(30(35)34)29(37)19-11-13-20(32)14-12-19/h4-15,26,34,37H,16-17H2,1-3H3/b29-28+,34-30?. The van der Waals surface area contributed by atoms with Crippen molar-refractivity contribution in [1.82, 2.24) is 0 Å². The Kier molecular flexibility index (Phi) is 6.28. The van der Waals surface area contributed by atoms with Gasteiger partial charge in [-0.15, -0.1) is 0 Å². The minimum Gasteiger partial charge on any atom is -0.507 e. The van der Waals surface area contributed by atoms with E-state index >= 15 is 4.39 Å². The van der Waals surface area contributed by atoms with Crippen molar-refractivity contribution in [2.75, 3.05) is 4.90 Å². The Morgan fingerprint density at radius 1 is 1.05 bits per heavy atom. The summed E-state index contributed by atoms with van der Waals surface area (Å²) in [5.74, 6) is -1.70. The molecular formula is C31H28ClFN2O2. The number of aliphatic hydroxyl groups is 1. The van der Waals surface area contributed by atoms with Crippen LogP contribution in [0.2, 0.25) is 5.02 Å². The Morgan fingerprint density at radius 2 is 1.76 bits per heavy atom. The molecular weight excluding hydrogens is 487 g/mol. The van der Waals surface area contributed by atoms with E-state index in [9.17, 15) is 15.3 Å². The third-order valence-corrected chi connectivity index (χ3v) is 7.32. The van der Waals surface area contributed by atoms with Gasteiger partial charge in [-0.25, -0.2) is 4.39 Å². The summed E-state index contributed by atoms with van der Waals surface area (Å²) in [4.78, 5) is 15.6. The summed E-state index contributed by atoms with van der Waals surface area (Å²) in [6.07, 6.45) is 0.825. The average Bonchev–Trinajstić information content (AvgIpc) is 2.83. The van der Waals surface area contributed by atoms with Crippen LogP contribution in [0.5, 0.6) is 0 Å². The second-order valence-corrected chi connectivity index (χ2v) is 11.0. The van der Waals surface area contributed by atoms with Gasteiger partial charge in [0.25, 0.3) is 0 Å². The lowest BCUT2D eigenvalue weighted by Crippen LogP contribution is -2.45. The third-order valence-electron chi connectivity index (χ3n) is 7.07. The molecule has 1 aliphatic heterocycles. The van der Waals surface area contributed by atoms with Crippen molar-refractivity contribution in [1.29, 1.82) is 5.41 Å². The van der Waals surface area contributed by atoms with Crippen molar-refractivity contribution >= 4 is 34.7 Å². The number of nitrogens with one attached hydrogen (secondary N) is 1. The monoisotopic (exact) mass is 514 g/mol. The number of carbonyl (C=O) groups is 1. The average molecular weight is 515 g/mol. The number of aryl methyl sites for hydroxylation is 1. The van der Waals surface area contributed by atoms with Gasteiger partial charge in [0.15, 0.2) is 5.78 Å². The van der Waals surface area contributed by atoms with Crippen molar-refractivity contribution in [3.05, 3.63) is 117 Å². The van der Waals surface area contributed by atoms with Gasteiger partial charge in [-0.2, -0.15) is 0 Å². The van der Waals surface area contributed by atoms with Crippen LogP contribution in [0.25, 0.3) is 5.76 Å². The zero-order chi connectivity index (χ0) is 26.5. The molecule has 0 aromatic heterocycles. The molecule has 3 aromatic carbocycles. The Balaban J connectivity index is 1.87. The lowest BCUT2D eigenvalue weighted by molar-refractivity contribution is -0.118. The van der Waals surface area contributed by atoms with E-state index in [-0.39, 0.29) is 33.9 Å². The zero-order valence-electron chi connectivity index (χ0n) is 21.0. The first-order valence-corrected chi connectivity index (χ1v) is 12.6. The fourth-order valence-corrected chi connectivity index (χ4v) is 5.58. The van der Waals surface area contributed by atoms with Gasteiger partial charge in [-0.1, -0.05) is 55.8 Å². The molecule has 2 N–H and O–H groups in total. The minimum absolute atomic E-state index is 0.00977. The van der Waals surface area contributed by atoms with Crippen molar-refractivity contribution < 1.29 is 14.3 Å². The molecule has 188 valence electrons. The van der Waals surface area contributed by atoms with E-state index < -0.39 is 11.7 Å². The molecule has 4 nitrogen and oxygen atoms in total. The van der Waals surface area contributed by atoms with E-state index in [4.69, 9.17) is 11.6 Å². The van der Waals surface area contributed by atoms with Crippen LogP contribution in [0.1, 0.15) is 49.3 Å². The van der Waals surface area contributed by atoms with E-state index in [1.54, 1.807) is 47.4 Å². The summed E-state index contributed by atoms with van der Waals surface area (Å²) < 4.78 is 15.4. The second kappa shape index (κ2) is 9.31. The number of ketones is 1. The molecule has 0 saturated carbocycles. The summed E-state index contributed by atoms with van der Waals surface area (Å²) in [7, 11) is 0. The molecule has 1 heterocycles. The largest absolute Gasteiger partial charge is 0.507 e. The second-order valence-electron chi connectivity index (χ2n) is 10.5. The summed E-state index contributed by atoms with van der Waals surface area (Å²) in [6, 6.07) is 20.6. The first kappa shape index (κ1) is 25.0. The molecule has 0 saturated heterocycles. The summed E-state index contributed by atoms with van der Waals surface area (Å²) in [6.45, 7) is 6.02.